The Morgan fingerprint density at radius 3 is 2.65 bits per heavy atom. The van der Waals surface area contributed by atoms with Crippen molar-refractivity contribution in [2.24, 2.45) is 0 Å². The Bertz CT molecular complexity index is 436. The Kier molecular flexibility index (Phi) is 4.18. The van der Waals surface area contributed by atoms with Gasteiger partial charge in [0, 0.05) is 17.5 Å². The summed E-state index contributed by atoms with van der Waals surface area (Å²) in [5.41, 5.74) is 1.20. The fraction of sp³-hybridized carbons (Fsp3) is 0.286. The smallest absolute Gasteiger partial charge is 0.115 e. The van der Waals surface area contributed by atoms with E-state index in [4.69, 9.17) is 0 Å². The third-order valence-corrected chi connectivity index (χ3v) is 3.58. The summed E-state index contributed by atoms with van der Waals surface area (Å²) in [7, 11) is 0. The molecule has 2 nitrogen and oxygen atoms in total. The minimum absolute atomic E-state index is 0.320. The van der Waals surface area contributed by atoms with E-state index in [1.807, 2.05) is 12.1 Å². The van der Waals surface area contributed by atoms with Crippen LogP contribution < -0.4 is 5.32 Å². The number of phenolic OH excluding ortho intramolecular Hbond substituents is 1. The normalized spacial score (nSPS) is 12.5. The summed E-state index contributed by atoms with van der Waals surface area (Å²) in [5.74, 6) is 0.320. The first-order valence-corrected chi connectivity index (χ1v) is 6.65. The van der Waals surface area contributed by atoms with Crippen molar-refractivity contribution in [1.82, 2.24) is 5.32 Å². The maximum absolute atomic E-state index is 9.19. The molecule has 0 fully saturated rings. The monoisotopic (exact) mass is 247 g/mol. The molecular weight excluding hydrogens is 230 g/mol. The molecule has 0 spiro atoms. The fourth-order valence-electron chi connectivity index (χ4n) is 1.71. The predicted octanol–water partition coefficient (Wildman–Crippen LogP) is 3.17. The van der Waals surface area contributed by atoms with Crippen LogP contribution in [0.25, 0.3) is 0 Å². The van der Waals surface area contributed by atoms with Crippen LogP contribution in [0, 0.1) is 0 Å². The summed E-state index contributed by atoms with van der Waals surface area (Å²) >= 11 is 1.80. The van der Waals surface area contributed by atoms with Crippen molar-refractivity contribution >= 4 is 11.3 Å². The van der Waals surface area contributed by atoms with Gasteiger partial charge in [-0.15, -0.1) is 11.3 Å². The summed E-state index contributed by atoms with van der Waals surface area (Å²) in [5, 5.41) is 14.8. The lowest BCUT2D eigenvalue weighted by atomic mass is 10.1. The molecule has 1 aromatic heterocycles. The SMILES string of the molecule is CC(Cc1cccs1)NCc1ccc(O)cc1. The second kappa shape index (κ2) is 5.84. The second-order valence-corrected chi connectivity index (χ2v) is 5.26. The highest BCUT2D eigenvalue weighted by Gasteiger charge is 2.03. The zero-order chi connectivity index (χ0) is 12.1. The van der Waals surface area contributed by atoms with Gasteiger partial charge < -0.3 is 10.4 Å². The lowest BCUT2D eigenvalue weighted by Gasteiger charge is -2.12. The third kappa shape index (κ3) is 3.88. The predicted molar refractivity (Wildman–Crippen MR) is 72.4 cm³/mol. The fourth-order valence-corrected chi connectivity index (χ4v) is 2.54. The maximum atomic E-state index is 9.19. The van der Waals surface area contributed by atoms with Crippen molar-refractivity contribution in [3.8, 4) is 5.75 Å². The molecule has 1 atom stereocenters. The van der Waals surface area contributed by atoms with Gasteiger partial charge in [0.05, 0.1) is 0 Å². The largest absolute Gasteiger partial charge is 0.508 e. The molecule has 1 unspecified atom stereocenters. The molecule has 0 saturated carbocycles. The molecule has 2 rings (SSSR count). The van der Waals surface area contributed by atoms with E-state index >= 15 is 0 Å². The van der Waals surface area contributed by atoms with Crippen molar-refractivity contribution in [3.63, 3.8) is 0 Å². The summed E-state index contributed by atoms with van der Waals surface area (Å²) < 4.78 is 0. The summed E-state index contributed by atoms with van der Waals surface area (Å²) in [4.78, 5) is 1.41. The first-order chi connectivity index (χ1) is 8.24. The van der Waals surface area contributed by atoms with E-state index < -0.39 is 0 Å². The van der Waals surface area contributed by atoms with Crippen molar-refractivity contribution in [1.29, 1.82) is 0 Å². The van der Waals surface area contributed by atoms with Gasteiger partial charge in [-0.05, 0) is 42.5 Å². The van der Waals surface area contributed by atoms with Gasteiger partial charge in [0.15, 0.2) is 0 Å². The lowest BCUT2D eigenvalue weighted by molar-refractivity contribution is 0.474. The Labute approximate surface area is 106 Å². The van der Waals surface area contributed by atoms with Gasteiger partial charge in [-0.2, -0.15) is 0 Å². The number of hydrogen-bond donors (Lipinski definition) is 2. The van der Waals surface area contributed by atoms with Crippen LogP contribution >= 0.6 is 11.3 Å². The molecular formula is C14H17NOS. The number of aromatic hydroxyl groups is 1. The van der Waals surface area contributed by atoms with Crippen molar-refractivity contribution in [2.45, 2.75) is 25.9 Å². The Morgan fingerprint density at radius 2 is 2.00 bits per heavy atom. The van der Waals surface area contributed by atoms with E-state index in [-0.39, 0.29) is 0 Å². The van der Waals surface area contributed by atoms with Crippen molar-refractivity contribution in [2.75, 3.05) is 0 Å². The molecule has 90 valence electrons. The first kappa shape index (κ1) is 12.1. The molecule has 1 heterocycles. The van der Waals surface area contributed by atoms with Gasteiger partial charge in [0.25, 0.3) is 0 Å². The zero-order valence-electron chi connectivity index (χ0n) is 9.89. The van der Waals surface area contributed by atoms with Gasteiger partial charge in [-0.1, -0.05) is 18.2 Å². The summed E-state index contributed by atoms with van der Waals surface area (Å²) in [6.07, 6.45) is 1.07. The summed E-state index contributed by atoms with van der Waals surface area (Å²) in [6, 6.07) is 12.1. The van der Waals surface area contributed by atoms with Crippen LogP contribution in [-0.4, -0.2) is 11.1 Å². The van der Waals surface area contributed by atoms with Crippen LogP contribution in [0.2, 0.25) is 0 Å². The molecule has 2 N–H and O–H groups in total. The van der Waals surface area contributed by atoms with Gasteiger partial charge in [0.2, 0.25) is 0 Å². The molecule has 0 saturated heterocycles. The van der Waals surface area contributed by atoms with Crippen LogP contribution in [-0.2, 0) is 13.0 Å². The first-order valence-electron chi connectivity index (χ1n) is 5.78. The topological polar surface area (TPSA) is 32.3 Å². The molecule has 0 aliphatic heterocycles. The summed E-state index contributed by atoms with van der Waals surface area (Å²) in [6.45, 7) is 3.03. The van der Waals surface area contributed by atoms with Crippen LogP contribution in [0.15, 0.2) is 41.8 Å². The maximum Gasteiger partial charge on any atom is 0.115 e. The number of phenols is 1. The van der Waals surface area contributed by atoms with Crippen LogP contribution in [0.4, 0.5) is 0 Å². The Morgan fingerprint density at radius 1 is 1.24 bits per heavy atom. The van der Waals surface area contributed by atoms with Crippen molar-refractivity contribution < 1.29 is 5.11 Å². The Balaban J connectivity index is 1.79. The number of thiophene rings is 1. The van der Waals surface area contributed by atoms with E-state index in [1.165, 1.54) is 10.4 Å². The lowest BCUT2D eigenvalue weighted by Crippen LogP contribution is -2.27. The number of nitrogens with one attached hydrogen (secondary N) is 1. The molecule has 2 aromatic rings. The van der Waals surface area contributed by atoms with Crippen LogP contribution in [0.3, 0.4) is 0 Å². The van der Waals surface area contributed by atoms with Gasteiger partial charge in [-0.3, -0.25) is 0 Å². The van der Waals surface area contributed by atoms with E-state index in [9.17, 15) is 5.11 Å². The number of hydrogen-bond acceptors (Lipinski definition) is 3. The van der Waals surface area contributed by atoms with E-state index in [0.29, 0.717) is 11.8 Å². The molecule has 0 radical (unpaired) electrons. The molecule has 0 bridgehead atoms. The molecule has 17 heavy (non-hydrogen) atoms. The van der Waals surface area contributed by atoms with E-state index in [1.54, 1.807) is 23.5 Å². The van der Waals surface area contributed by atoms with E-state index in [0.717, 1.165) is 13.0 Å². The average molecular weight is 247 g/mol. The second-order valence-electron chi connectivity index (χ2n) is 4.23. The number of benzene rings is 1. The average Bonchev–Trinajstić information content (AvgIpc) is 2.81. The third-order valence-electron chi connectivity index (χ3n) is 2.68. The van der Waals surface area contributed by atoms with Gasteiger partial charge in [-0.25, -0.2) is 0 Å². The minimum Gasteiger partial charge on any atom is -0.508 e. The highest BCUT2D eigenvalue weighted by Crippen LogP contribution is 2.12. The molecule has 0 aliphatic carbocycles. The van der Waals surface area contributed by atoms with Gasteiger partial charge >= 0.3 is 0 Å². The number of rotatable bonds is 5. The Hall–Kier alpha value is -1.32. The standard InChI is InChI=1S/C14H17NOS/c1-11(9-14-3-2-8-17-14)15-10-12-4-6-13(16)7-5-12/h2-8,11,15-16H,9-10H2,1H3. The minimum atomic E-state index is 0.320. The highest BCUT2D eigenvalue weighted by atomic mass is 32.1. The molecule has 3 heteroatoms. The van der Waals surface area contributed by atoms with E-state index in [2.05, 4.69) is 29.8 Å². The van der Waals surface area contributed by atoms with Crippen LogP contribution in [0.5, 0.6) is 5.75 Å². The van der Waals surface area contributed by atoms with Gasteiger partial charge in [0.1, 0.15) is 5.75 Å². The van der Waals surface area contributed by atoms with Crippen molar-refractivity contribution in [3.05, 3.63) is 52.2 Å². The zero-order valence-corrected chi connectivity index (χ0v) is 10.7. The molecule has 1 aromatic carbocycles. The quantitative estimate of drug-likeness (QED) is 0.850. The highest BCUT2D eigenvalue weighted by molar-refractivity contribution is 7.09. The molecule has 0 aliphatic rings. The molecule has 0 amide bonds. The van der Waals surface area contributed by atoms with Crippen LogP contribution in [0.1, 0.15) is 17.4 Å².